The summed E-state index contributed by atoms with van der Waals surface area (Å²) < 4.78 is 4.96. The van der Waals surface area contributed by atoms with Crippen molar-refractivity contribution in [2.24, 2.45) is 0 Å². The van der Waals surface area contributed by atoms with Gasteiger partial charge in [0.25, 0.3) is 0 Å². The molecule has 0 spiro atoms. The number of rotatable bonds is 7. The highest BCUT2D eigenvalue weighted by atomic mass is 16.6. The summed E-state index contributed by atoms with van der Waals surface area (Å²) in [7, 11) is 0. The van der Waals surface area contributed by atoms with Crippen LogP contribution in [-0.4, -0.2) is 57.3 Å². The SMILES string of the molecule is CCN1CCC(N(CCc2ccccn2)Cc2cccc3nonc23)CC1. The fourth-order valence-electron chi connectivity index (χ4n) is 4.00. The third-order valence-electron chi connectivity index (χ3n) is 5.65. The molecule has 6 nitrogen and oxygen atoms in total. The zero-order valence-electron chi connectivity index (χ0n) is 15.9. The molecule has 3 heterocycles. The second kappa shape index (κ2) is 8.59. The number of aromatic nitrogens is 3. The number of hydrogen-bond acceptors (Lipinski definition) is 6. The molecule has 2 aromatic heterocycles. The average Bonchev–Trinajstić information content (AvgIpc) is 3.22. The molecule has 3 aromatic rings. The van der Waals surface area contributed by atoms with Crippen LogP contribution in [0, 0.1) is 0 Å². The lowest BCUT2D eigenvalue weighted by Crippen LogP contribution is -2.45. The van der Waals surface area contributed by atoms with Crippen LogP contribution in [0.2, 0.25) is 0 Å². The molecule has 4 rings (SSSR count). The number of benzene rings is 1. The molecular weight excluding hydrogens is 338 g/mol. The van der Waals surface area contributed by atoms with Crippen molar-refractivity contribution in [1.29, 1.82) is 0 Å². The van der Waals surface area contributed by atoms with Crippen molar-refractivity contribution >= 4 is 11.0 Å². The van der Waals surface area contributed by atoms with Gasteiger partial charge in [-0.25, -0.2) is 4.63 Å². The van der Waals surface area contributed by atoms with E-state index >= 15 is 0 Å². The number of fused-ring (bicyclic) bond motifs is 1. The van der Waals surface area contributed by atoms with Gasteiger partial charge in [0.15, 0.2) is 0 Å². The van der Waals surface area contributed by atoms with Gasteiger partial charge in [-0.3, -0.25) is 9.88 Å². The fourth-order valence-corrected chi connectivity index (χ4v) is 4.00. The molecule has 0 atom stereocenters. The molecule has 1 aliphatic rings. The van der Waals surface area contributed by atoms with E-state index in [1.54, 1.807) is 0 Å². The van der Waals surface area contributed by atoms with Gasteiger partial charge >= 0.3 is 0 Å². The zero-order chi connectivity index (χ0) is 18.5. The van der Waals surface area contributed by atoms with Crippen LogP contribution in [0.1, 0.15) is 31.0 Å². The number of likely N-dealkylation sites (tertiary alicyclic amines) is 1. The Morgan fingerprint density at radius 1 is 1.11 bits per heavy atom. The Bertz CT molecular complexity index is 842. The van der Waals surface area contributed by atoms with Crippen LogP contribution in [-0.2, 0) is 13.0 Å². The van der Waals surface area contributed by atoms with Gasteiger partial charge in [0.1, 0.15) is 11.0 Å². The summed E-state index contributed by atoms with van der Waals surface area (Å²) >= 11 is 0. The molecular formula is C21H27N5O. The maximum absolute atomic E-state index is 4.96. The van der Waals surface area contributed by atoms with E-state index in [0.717, 1.165) is 42.8 Å². The van der Waals surface area contributed by atoms with E-state index in [-0.39, 0.29) is 0 Å². The van der Waals surface area contributed by atoms with Crippen molar-refractivity contribution in [2.45, 2.75) is 38.8 Å². The summed E-state index contributed by atoms with van der Waals surface area (Å²) in [5.41, 5.74) is 4.05. The normalized spacial score (nSPS) is 16.4. The van der Waals surface area contributed by atoms with E-state index in [4.69, 9.17) is 4.63 Å². The van der Waals surface area contributed by atoms with Crippen molar-refractivity contribution < 1.29 is 4.63 Å². The molecule has 1 fully saturated rings. The average molecular weight is 365 g/mol. The molecule has 0 amide bonds. The first-order chi connectivity index (χ1) is 13.3. The van der Waals surface area contributed by atoms with Gasteiger partial charge < -0.3 is 4.90 Å². The predicted molar refractivity (Wildman–Crippen MR) is 105 cm³/mol. The molecule has 0 bridgehead atoms. The Morgan fingerprint density at radius 2 is 2.00 bits per heavy atom. The Kier molecular flexibility index (Phi) is 5.75. The van der Waals surface area contributed by atoms with Crippen LogP contribution in [0.15, 0.2) is 47.2 Å². The summed E-state index contributed by atoms with van der Waals surface area (Å²) in [6, 6.07) is 12.9. The monoisotopic (exact) mass is 365 g/mol. The molecule has 0 unspecified atom stereocenters. The summed E-state index contributed by atoms with van der Waals surface area (Å²) in [5, 5.41) is 8.12. The Hall–Kier alpha value is -2.31. The Labute approximate surface area is 160 Å². The molecule has 27 heavy (non-hydrogen) atoms. The van der Waals surface area contributed by atoms with Crippen LogP contribution in [0.4, 0.5) is 0 Å². The topological polar surface area (TPSA) is 58.3 Å². The van der Waals surface area contributed by atoms with Crippen LogP contribution < -0.4 is 0 Å². The minimum Gasteiger partial charge on any atom is -0.303 e. The Balaban J connectivity index is 1.51. The number of pyridine rings is 1. The van der Waals surface area contributed by atoms with Gasteiger partial charge in [-0.15, -0.1) is 0 Å². The first kappa shape index (κ1) is 18.1. The van der Waals surface area contributed by atoms with E-state index in [1.165, 1.54) is 31.5 Å². The van der Waals surface area contributed by atoms with E-state index in [1.807, 2.05) is 24.4 Å². The highest BCUT2D eigenvalue weighted by Crippen LogP contribution is 2.22. The van der Waals surface area contributed by atoms with Crippen molar-refractivity contribution in [3.8, 4) is 0 Å². The van der Waals surface area contributed by atoms with Crippen LogP contribution in [0.25, 0.3) is 11.0 Å². The van der Waals surface area contributed by atoms with Gasteiger partial charge in [0, 0.05) is 37.4 Å². The largest absolute Gasteiger partial charge is 0.303 e. The molecule has 0 N–H and O–H groups in total. The lowest BCUT2D eigenvalue weighted by Gasteiger charge is -2.38. The second-order valence-corrected chi connectivity index (χ2v) is 7.26. The van der Waals surface area contributed by atoms with Crippen molar-refractivity contribution in [3.05, 3.63) is 53.9 Å². The summed E-state index contributed by atoms with van der Waals surface area (Å²) in [6.45, 7) is 7.61. The third kappa shape index (κ3) is 4.34. The highest BCUT2D eigenvalue weighted by Gasteiger charge is 2.25. The summed E-state index contributed by atoms with van der Waals surface area (Å²) in [5.74, 6) is 0. The van der Waals surface area contributed by atoms with Gasteiger partial charge in [0.2, 0.25) is 0 Å². The number of nitrogens with zero attached hydrogens (tertiary/aromatic N) is 5. The van der Waals surface area contributed by atoms with Crippen LogP contribution in [0.5, 0.6) is 0 Å². The molecule has 1 aliphatic heterocycles. The number of hydrogen-bond donors (Lipinski definition) is 0. The Morgan fingerprint density at radius 3 is 2.78 bits per heavy atom. The van der Waals surface area contributed by atoms with Gasteiger partial charge in [0.05, 0.1) is 0 Å². The maximum Gasteiger partial charge on any atom is 0.139 e. The third-order valence-corrected chi connectivity index (χ3v) is 5.65. The van der Waals surface area contributed by atoms with Gasteiger partial charge in [-0.2, -0.15) is 0 Å². The standard InChI is InChI=1S/C21H27N5O/c1-2-25-13-10-19(11-14-25)26(15-9-18-7-3-4-12-22-18)16-17-6-5-8-20-21(17)24-27-23-20/h3-8,12,19H,2,9-11,13-16H2,1H3. The molecule has 1 saturated heterocycles. The molecule has 0 radical (unpaired) electrons. The van der Waals surface area contributed by atoms with E-state index in [9.17, 15) is 0 Å². The molecule has 0 aliphatic carbocycles. The zero-order valence-corrected chi connectivity index (χ0v) is 15.9. The van der Waals surface area contributed by atoms with E-state index < -0.39 is 0 Å². The predicted octanol–water partition coefficient (Wildman–Crippen LogP) is 3.15. The molecule has 0 saturated carbocycles. The smallest absolute Gasteiger partial charge is 0.139 e. The van der Waals surface area contributed by atoms with E-state index in [0.29, 0.717) is 6.04 Å². The van der Waals surface area contributed by atoms with Gasteiger partial charge in [-0.1, -0.05) is 25.1 Å². The van der Waals surface area contributed by atoms with Crippen molar-refractivity contribution in [3.63, 3.8) is 0 Å². The van der Waals surface area contributed by atoms with Crippen molar-refractivity contribution in [1.82, 2.24) is 25.1 Å². The van der Waals surface area contributed by atoms with Crippen LogP contribution in [0.3, 0.4) is 0 Å². The lowest BCUT2D eigenvalue weighted by atomic mass is 10.0. The minimum absolute atomic E-state index is 0.589. The lowest BCUT2D eigenvalue weighted by molar-refractivity contribution is 0.106. The highest BCUT2D eigenvalue weighted by molar-refractivity contribution is 5.76. The van der Waals surface area contributed by atoms with Crippen LogP contribution >= 0.6 is 0 Å². The second-order valence-electron chi connectivity index (χ2n) is 7.26. The van der Waals surface area contributed by atoms with E-state index in [2.05, 4.69) is 50.2 Å². The fraction of sp³-hybridized carbons (Fsp3) is 0.476. The van der Waals surface area contributed by atoms with Gasteiger partial charge in [-0.05, 0) is 66.6 Å². The summed E-state index contributed by atoms with van der Waals surface area (Å²) in [6.07, 6.45) is 5.26. The first-order valence-corrected chi connectivity index (χ1v) is 9.90. The minimum atomic E-state index is 0.589. The quantitative estimate of drug-likeness (QED) is 0.641. The molecule has 6 heteroatoms. The van der Waals surface area contributed by atoms with Crippen molar-refractivity contribution in [2.75, 3.05) is 26.2 Å². The maximum atomic E-state index is 4.96. The summed E-state index contributed by atoms with van der Waals surface area (Å²) in [4.78, 5) is 9.64. The number of piperidine rings is 1. The molecule has 142 valence electrons. The first-order valence-electron chi connectivity index (χ1n) is 9.90. The molecule has 1 aromatic carbocycles.